The summed E-state index contributed by atoms with van der Waals surface area (Å²) in [6.45, 7) is 1.30. The summed E-state index contributed by atoms with van der Waals surface area (Å²) in [5.74, 6) is 0.718. The number of rotatable bonds is 5. The molecule has 6 heteroatoms. The third-order valence-electron chi connectivity index (χ3n) is 3.68. The fourth-order valence-corrected chi connectivity index (χ4v) is 2.33. The van der Waals surface area contributed by atoms with Crippen LogP contribution in [0.3, 0.4) is 0 Å². The van der Waals surface area contributed by atoms with E-state index < -0.39 is 5.67 Å². The highest BCUT2D eigenvalue weighted by molar-refractivity contribution is 5.95. The molecule has 1 aromatic carbocycles. The van der Waals surface area contributed by atoms with Crippen molar-refractivity contribution in [3.05, 3.63) is 23.8 Å². The number of alkyl halides is 1. The summed E-state index contributed by atoms with van der Waals surface area (Å²) in [5, 5.41) is 5.76. The molecule has 0 aliphatic carbocycles. The summed E-state index contributed by atoms with van der Waals surface area (Å²) in [5.41, 5.74) is -0.937. The van der Waals surface area contributed by atoms with E-state index in [2.05, 4.69) is 10.6 Å². The van der Waals surface area contributed by atoms with E-state index in [0.29, 0.717) is 43.0 Å². The zero-order valence-corrected chi connectivity index (χ0v) is 12.4. The molecule has 0 bridgehead atoms. The average Bonchev–Trinajstić information content (AvgIpc) is 2.52. The predicted octanol–water partition coefficient (Wildman–Crippen LogP) is 1.53. The average molecular weight is 296 g/mol. The van der Waals surface area contributed by atoms with E-state index in [1.54, 1.807) is 18.2 Å². The summed E-state index contributed by atoms with van der Waals surface area (Å²) in [7, 11) is 3.03. The molecular weight excluding hydrogens is 275 g/mol. The minimum Gasteiger partial charge on any atom is -0.497 e. The monoisotopic (exact) mass is 296 g/mol. The lowest BCUT2D eigenvalue weighted by atomic mass is 9.94. The fourth-order valence-electron chi connectivity index (χ4n) is 2.33. The Labute approximate surface area is 123 Å². The lowest BCUT2D eigenvalue weighted by Crippen LogP contribution is -2.46. The van der Waals surface area contributed by atoms with Crippen LogP contribution in [-0.2, 0) is 0 Å². The lowest BCUT2D eigenvalue weighted by Gasteiger charge is -2.30. The maximum Gasteiger partial charge on any atom is 0.251 e. The highest BCUT2D eigenvalue weighted by Gasteiger charge is 2.32. The fraction of sp³-hybridized carbons (Fsp3) is 0.533. The number of methoxy groups -OCH3 is 2. The Morgan fingerprint density at radius 3 is 2.33 bits per heavy atom. The molecule has 21 heavy (non-hydrogen) atoms. The Kier molecular flexibility index (Phi) is 5.01. The smallest absolute Gasteiger partial charge is 0.251 e. The number of carbonyl (C=O) groups is 1. The lowest BCUT2D eigenvalue weighted by molar-refractivity contribution is 0.0836. The molecule has 1 heterocycles. The second-order valence-electron chi connectivity index (χ2n) is 5.18. The zero-order valence-electron chi connectivity index (χ0n) is 12.4. The molecule has 0 saturated carbocycles. The number of amides is 1. The van der Waals surface area contributed by atoms with Crippen molar-refractivity contribution < 1.29 is 18.7 Å². The second kappa shape index (κ2) is 6.76. The van der Waals surface area contributed by atoms with E-state index in [1.807, 2.05) is 0 Å². The zero-order chi connectivity index (χ0) is 15.3. The van der Waals surface area contributed by atoms with Gasteiger partial charge >= 0.3 is 0 Å². The number of hydrogen-bond donors (Lipinski definition) is 2. The Bertz CT molecular complexity index is 479. The predicted molar refractivity (Wildman–Crippen MR) is 77.8 cm³/mol. The Balaban J connectivity index is 2.02. The van der Waals surface area contributed by atoms with Crippen LogP contribution in [0.4, 0.5) is 4.39 Å². The Hall–Kier alpha value is -1.82. The maximum absolute atomic E-state index is 14.4. The molecule has 2 rings (SSSR count). The molecule has 0 unspecified atom stereocenters. The van der Waals surface area contributed by atoms with Crippen LogP contribution in [0.2, 0.25) is 0 Å². The summed E-state index contributed by atoms with van der Waals surface area (Å²) < 4.78 is 24.7. The first-order valence-electron chi connectivity index (χ1n) is 6.97. The minimum atomic E-state index is -1.33. The summed E-state index contributed by atoms with van der Waals surface area (Å²) in [6.07, 6.45) is 0.823. The van der Waals surface area contributed by atoms with Crippen LogP contribution in [0.1, 0.15) is 23.2 Å². The molecule has 0 aromatic heterocycles. The normalized spacial score (nSPS) is 17.1. The van der Waals surface area contributed by atoms with E-state index >= 15 is 0 Å². The van der Waals surface area contributed by atoms with Crippen LogP contribution in [0.25, 0.3) is 0 Å². The van der Waals surface area contributed by atoms with Gasteiger partial charge in [0.2, 0.25) is 0 Å². The van der Waals surface area contributed by atoms with Gasteiger partial charge in [0.15, 0.2) is 0 Å². The molecular formula is C15H21FN2O3. The molecule has 0 spiro atoms. The van der Waals surface area contributed by atoms with Crippen LogP contribution in [0.5, 0.6) is 11.5 Å². The number of carbonyl (C=O) groups excluding carboxylic acids is 1. The molecule has 1 aromatic rings. The van der Waals surface area contributed by atoms with Crippen LogP contribution in [0, 0.1) is 0 Å². The maximum atomic E-state index is 14.4. The van der Waals surface area contributed by atoms with Crippen LogP contribution in [-0.4, -0.2) is 45.4 Å². The van der Waals surface area contributed by atoms with E-state index in [9.17, 15) is 9.18 Å². The van der Waals surface area contributed by atoms with Gasteiger partial charge in [-0.15, -0.1) is 0 Å². The van der Waals surface area contributed by atoms with Crippen LogP contribution in [0.15, 0.2) is 18.2 Å². The third-order valence-corrected chi connectivity index (χ3v) is 3.68. The molecule has 1 saturated heterocycles. The molecule has 0 atom stereocenters. The first-order chi connectivity index (χ1) is 10.1. The number of piperidine rings is 1. The van der Waals surface area contributed by atoms with Crippen molar-refractivity contribution in [2.75, 3.05) is 33.9 Å². The molecule has 116 valence electrons. The summed E-state index contributed by atoms with van der Waals surface area (Å²) in [6, 6.07) is 4.89. The van der Waals surface area contributed by atoms with Gasteiger partial charge in [0.25, 0.3) is 5.91 Å². The van der Waals surface area contributed by atoms with Gasteiger partial charge < -0.3 is 20.1 Å². The number of halogens is 1. The molecule has 0 radical (unpaired) electrons. The topological polar surface area (TPSA) is 59.6 Å². The molecule has 1 aliphatic heterocycles. The van der Waals surface area contributed by atoms with Gasteiger partial charge in [0.05, 0.1) is 20.8 Å². The first kappa shape index (κ1) is 15.6. The quantitative estimate of drug-likeness (QED) is 0.865. The third kappa shape index (κ3) is 4.07. The molecule has 1 fully saturated rings. The Morgan fingerprint density at radius 1 is 1.24 bits per heavy atom. The second-order valence-corrected chi connectivity index (χ2v) is 5.18. The summed E-state index contributed by atoms with van der Waals surface area (Å²) in [4.78, 5) is 12.2. The van der Waals surface area contributed by atoms with Crippen molar-refractivity contribution in [2.45, 2.75) is 18.5 Å². The van der Waals surface area contributed by atoms with Crippen LogP contribution >= 0.6 is 0 Å². The number of ether oxygens (including phenoxy) is 2. The summed E-state index contributed by atoms with van der Waals surface area (Å²) >= 11 is 0. The standard InChI is InChI=1S/C15H21FN2O3/c1-20-12-7-11(8-13(9-12)21-2)14(19)18-10-15(16)3-5-17-6-4-15/h7-9,17H,3-6,10H2,1-2H3,(H,18,19). The number of benzene rings is 1. The van der Waals surface area contributed by atoms with Crippen molar-refractivity contribution in [1.82, 2.24) is 10.6 Å². The van der Waals surface area contributed by atoms with E-state index in [1.165, 1.54) is 14.2 Å². The van der Waals surface area contributed by atoms with Gasteiger partial charge in [-0.1, -0.05) is 0 Å². The van der Waals surface area contributed by atoms with Crippen molar-refractivity contribution in [1.29, 1.82) is 0 Å². The Morgan fingerprint density at radius 2 is 1.81 bits per heavy atom. The van der Waals surface area contributed by atoms with E-state index in [4.69, 9.17) is 9.47 Å². The molecule has 2 N–H and O–H groups in total. The van der Waals surface area contributed by atoms with Gasteiger partial charge in [-0.3, -0.25) is 4.79 Å². The minimum absolute atomic E-state index is 0.0209. The van der Waals surface area contributed by atoms with Crippen LogP contribution < -0.4 is 20.1 Å². The number of hydrogen-bond acceptors (Lipinski definition) is 4. The largest absolute Gasteiger partial charge is 0.497 e. The first-order valence-corrected chi connectivity index (χ1v) is 6.97. The van der Waals surface area contributed by atoms with Gasteiger partial charge in [-0.25, -0.2) is 4.39 Å². The van der Waals surface area contributed by atoms with Crippen molar-refractivity contribution in [3.8, 4) is 11.5 Å². The van der Waals surface area contributed by atoms with Gasteiger partial charge in [0, 0.05) is 11.6 Å². The van der Waals surface area contributed by atoms with Gasteiger partial charge in [-0.05, 0) is 38.1 Å². The van der Waals surface area contributed by atoms with E-state index in [-0.39, 0.29) is 12.5 Å². The highest BCUT2D eigenvalue weighted by Crippen LogP contribution is 2.24. The van der Waals surface area contributed by atoms with Crippen molar-refractivity contribution in [2.24, 2.45) is 0 Å². The van der Waals surface area contributed by atoms with Crippen molar-refractivity contribution in [3.63, 3.8) is 0 Å². The SMILES string of the molecule is COc1cc(OC)cc(C(=O)NCC2(F)CCNCC2)c1. The van der Waals surface area contributed by atoms with Gasteiger partial charge in [0.1, 0.15) is 17.2 Å². The van der Waals surface area contributed by atoms with E-state index in [0.717, 1.165) is 0 Å². The number of nitrogens with one attached hydrogen (secondary N) is 2. The molecule has 1 amide bonds. The van der Waals surface area contributed by atoms with Gasteiger partial charge in [-0.2, -0.15) is 0 Å². The highest BCUT2D eigenvalue weighted by atomic mass is 19.1. The molecule has 1 aliphatic rings. The molecule has 5 nitrogen and oxygen atoms in total. The van der Waals surface area contributed by atoms with Crippen molar-refractivity contribution >= 4 is 5.91 Å².